The van der Waals surface area contributed by atoms with Crippen molar-refractivity contribution in [1.29, 1.82) is 0 Å². The lowest BCUT2D eigenvalue weighted by atomic mass is 9.85. The Bertz CT molecular complexity index is 924. The topological polar surface area (TPSA) is 105 Å². The molecule has 11 heteroatoms. The van der Waals surface area contributed by atoms with Gasteiger partial charge >= 0.3 is 5.69 Å². The zero-order valence-electron chi connectivity index (χ0n) is 19.0. The molecule has 0 spiro atoms. The summed E-state index contributed by atoms with van der Waals surface area (Å²) >= 11 is 0. The normalized spacial score (nSPS) is 22.9. The monoisotopic (exact) mass is 468 g/mol. The van der Waals surface area contributed by atoms with Crippen molar-refractivity contribution in [1.82, 2.24) is 19.8 Å². The number of halogens is 1. The number of quaternary nitrogens is 1. The van der Waals surface area contributed by atoms with E-state index in [0.717, 1.165) is 5.69 Å². The summed E-state index contributed by atoms with van der Waals surface area (Å²) in [7, 11) is 1.62. The first-order chi connectivity index (χ1) is 14.9. The van der Waals surface area contributed by atoms with Gasteiger partial charge in [-0.05, 0) is 29.5 Å². The molecular formula is C21H33ClN6O4. The van der Waals surface area contributed by atoms with Gasteiger partial charge in [0.25, 0.3) is 0 Å². The smallest absolute Gasteiger partial charge is 0.363 e. The molecule has 1 aliphatic rings. The number of aromatic nitrogens is 4. The van der Waals surface area contributed by atoms with E-state index >= 15 is 0 Å². The number of methoxy groups -OCH3 is 1. The van der Waals surface area contributed by atoms with Gasteiger partial charge in [-0.1, -0.05) is 25.1 Å². The van der Waals surface area contributed by atoms with Crippen molar-refractivity contribution in [2.75, 3.05) is 38.3 Å². The number of likely N-dealkylation sites (tertiary alicyclic amines) is 1. The van der Waals surface area contributed by atoms with Crippen LogP contribution in [-0.2, 0) is 22.6 Å². The molecule has 1 saturated heterocycles. The number of para-hydroxylation sites is 1. The van der Waals surface area contributed by atoms with Gasteiger partial charge in [0, 0.05) is 38.6 Å². The van der Waals surface area contributed by atoms with Crippen molar-refractivity contribution in [2.45, 2.75) is 51.7 Å². The van der Waals surface area contributed by atoms with Gasteiger partial charge in [-0.25, -0.2) is 4.79 Å². The highest BCUT2D eigenvalue weighted by atomic mass is 35.5. The molecule has 1 aromatic heterocycles. The van der Waals surface area contributed by atoms with Crippen molar-refractivity contribution < 1.29 is 14.2 Å². The van der Waals surface area contributed by atoms with Crippen LogP contribution in [0.4, 0.5) is 5.69 Å². The molecule has 10 nitrogen and oxygen atoms in total. The number of benzene rings is 1. The standard InChI is InChI=1S/C21H32N6O4.ClH/c1-4-19(28)26(18-9-7-6-8-10-18)21(17-31-3)11-14-27(30,15-12-21)16-13-25-20(29)24(5-2)22-23-25;/h6-10H,4-5,11-17H2,1-3H3;1H. The number of tetrazole rings is 1. The number of amides is 1. The Morgan fingerprint density at radius 1 is 1.19 bits per heavy atom. The molecule has 1 aliphatic heterocycles. The molecule has 2 aromatic rings. The quantitative estimate of drug-likeness (QED) is 0.410. The maximum absolute atomic E-state index is 13.4. The Kier molecular flexibility index (Phi) is 8.97. The maximum atomic E-state index is 13.4. The predicted molar refractivity (Wildman–Crippen MR) is 123 cm³/mol. The van der Waals surface area contributed by atoms with E-state index in [0.29, 0.717) is 45.5 Å². The Morgan fingerprint density at radius 2 is 1.81 bits per heavy atom. The molecule has 1 amide bonds. The van der Waals surface area contributed by atoms with Gasteiger partial charge in [-0.15, -0.1) is 12.4 Å². The van der Waals surface area contributed by atoms with Gasteiger partial charge in [-0.3, -0.25) is 4.79 Å². The average Bonchev–Trinajstić information content (AvgIpc) is 3.15. The molecule has 0 bridgehead atoms. The second-order valence-electron chi connectivity index (χ2n) is 8.10. The second-order valence-corrected chi connectivity index (χ2v) is 8.10. The summed E-state index contributed by atoms with van der Waals surface area (Å²) < 4.78 is 7.62. The summed E-state index contributed by atoms with van der Waals surface area (Å²) in [4.78, 5) is 26.9. The minimum atomic E-state index is -0.572. The SMILES string of the molecule is CCC(=O)N(c1ccccc1)C1(COC)CC[N+]([O-])(CCn2nnn(CC)c2=O)CC1.Cl. The molecule has 2 heterocycles. The van der Waals surface area contributed by atoms with Gasteiger partial charge in [0.2, 0.25) is 5.91 Å². The van der Waals surface area contributed by atoms with Crippen molar-refractivity contribution in [2.24, 2.45) is 0 Å². The highest BCUT2D eigenvalue weighted by Crippen LogP contribution is 2.36. The van der Waals surface area contributed by atoms with Crippen LogP contribution in [0.5, 0.6) is 0 Å². The molecule has 1 fully saturated rings. The fourth-order valence-electron chi connectivity index (χ4n) is 4.33. The van der Waals surface area contributed by atoms with E-state index < -0.39 is 10.2 Å². The van der Waals surface area contributed by atoms with Crippen LogP contribution in [-0.4, -0.2) is 69.2 Å². The summed E-state index contributed by atoms with van der Waals surface area (Å²) in [6.45, 7) is 5.58. The third-order valence-corrected chi connectivity index (χ3v) is 6.14. The van der Waals surface area contributed by atoms with Crippen molar-refractivity contribution in [3.63, 3.8) is 0 Å². The number of aryl methyl sites for hydroxylation is 1. The van der Waals surface area contributed by atoms with Crippen LogP contribution in [0.1, 0.15) is 33.1 Å². The van der Waals surface area contributed by atoms with E-state index in [-0.39, 0.29) is 37.1 Å². The number of hydroxylamine groups is 3. The van der Waals surface area contributed by atoms with Crippen molar-refractivity contribution in [3.05, 3.63) is 46.0 Å². The fraction of sp³-hybridized carbons (Fsp3) is 0.619. The van der Waals surface area contributed by atoms with E-state index in [2.05, 4.69) is 10.4 Å². The predicted octanol–water partition coefficient (Wildman–Crippen LogP) is 1.82. The number of hydrogen-bond acceptors (Lipinski definition) is 6. The highest BCUT2D eigenvalue weighted by Gasteiger charge is 2.46. The van der Waals surface area contributed by atoms with Crippen molar-refractivity contribution in [3.8, 4) is 0 Å². The molecule has 0 unspecified atom stereocenters. The molecule has 178 valence electrons. The van der Waals surface area contributed by atoms with Gasteiger partial charge in [0.15, 0.2) is 0 Å². The summed E-state index contributed by atoms with van der Waals surface area (Å²) in [6.07, 6.45) is 1.40. The molecule has 1 aromatic carbocycles. The van der Waals surface area contributed by atoms with Crippen LogP contribution < -0.4 is 10.6 Å². The van der Waals surface area contributed by atoms with E-state index in [1.807, 2.05) is 49.1 Å². The summed E-state index contributed by atoms with van der Waals surface area (Å²) in [6, 6.07) is 9.57. The number of carbonyl (C=O) groups is 1. The molecule has 3 rings (SSSR count). The van der Waals surface area contributed by atoms with Crippen LogP contribution in [0, 0.1) is 5.21 Å². The lowest BCUT2D eigenvalue weighted by Crippen LogP contribution is -2.64. The van der Waals surface area contributed by atoms with Crippen LogP contribution in [0.2, 0.25) is 0 Å². The Hall–Kier alpha value is -2.27. The minimum Gasteiger partial charge on any atom is -0.633 e. The number of hydrogen-bond donors (Lipinski definition) is 0. The number of rotatable bonds is 9. The van der Waals surface area contributed by atoms with Crippen molar-refractivity contribution >= 4 is 24.0 Å². The maximum Gasteiger partial charge on any atom is 0.363 e. The summed E-state index contributed by atoms with van der Waals surface area (Å²) in [5, 5.41) is 21.1. The Balaban J connectivity index is 0.00000363. The third-order valence-electron chi connectivity index (χ3n) is 6.14. The number of anilines is 1. The van der Waals surface area contributed by atoms with Gasteiger partial charge < -0.3 is 19.5 Å². The molecule has 32 heavy (non-hydrogen) atoms. The molecule has 0 aliphatic carbocycles. The molecule has 0 N–H and O–H groups in total. The van der Waals surface area contributed by atoms with E-state index in [9.17, 15) is 14.8 Å². The third kappa shape index (κ3) is 5.37. The molecule has 0 saturated carbocycles. The summed E-state index contributed by atoms with van der Waals surface area (Å²) in [5.41, 5.74) is -0.0546. The lowest BCUT2D eigenvalue weighted by Gasteiger charge is -2.54. The van der Waals surface area contributed by atoms with Crippen LogP contribution in [0.3, 0.4) is 0 Å². The fourth-order valence-corrected chi connectivity index (χ4v) is 4.33. The first-order valence-electron chi connectivity index (χ1n) is 10.8. The minimum absolute atomic E-state index is 0. The number of piperidine rings is 1. The zero-order chi connectivity index (χ0) is 22.5. The Labute approximate surface area is 194 Å². The van der Waals surface area contributed by atoms with Gasteiger partial charge in [-0.2, -0.15) is 9.36 Å². The highest BCUT2D eigenvalue weighted by molar-refractivity contribution is 5.94. The number of nitrogens with zero attached hydrogens (tertiary/aromatic N) is 6. The van der Waals surface area contributed by atoms with E-state index in [1.54, 1.807) is 7.11 Å². The van der Waals surface area contributed by atoms with Crippen LogP contribution in [0.25, 0.3) is 0 Å². The average molecular weight is 469 g/mol. The number of carbonyl (C=O) groups excluding carboxylic acids is 1. The van der Waals surface area contributed by atoms with E-state index in [1.165, 1.54) is 9.36 Å². The Morgan fingerprint density at radius 3 is 2.34 bits per heavy atom. The van der Waals surface area contributed by atoms with E-state index in [4.69, 9.17) is 4.74 Å². The first kappa shape index (κ1) is 26.0. The molecule has 0 atom stereocenters. The zero-order valence-corrected chi connectivity index (χ0v) is 19.8. The first-order valence-corrected chi connectivity index (χ1v) is 10.8. The van der Waals surface area contributed by atoms with Crippen LogP contribution >= 0.6 is 12.4 Å². The summed E-state index contributed by atoms with van der Waals surface area (Å²) in [5.74, 6) is 0.0110. The molecular weight excluding hydrogens is 436 g/mol. The lowest BCUT2D eigenvalue weighted by molar-refractivity contribution is -0.887. The van der Waals surface area contributed by atoms with Crippen LogP contribution in [0.15, 0.2) is 35.1 Å². The molecule has 0 radical (unpaired) electrons. The van der Waals surface area contributed by atoms with Gasteiger partial charge in [0.1, 0.15) is 0 Å². The second kappa shape index (κ2) is 11.0. The largest absolute Gasteiger partial charge is 0.633 e. The van der Waals surface area contributed by atoms with Gasteiger partial charge in [0.05, 0.1) is 38.3 Å². The number of ether oxygens (including phenoxy) is 1.